The molecule has 8 nitrogen and oxygen atoms in total. The van der Waals surface area contributed by atoms with E-state index in [1.807, 2.05) is 0 Å². The molecule has 1 saturated heterocycles. The van der Waals surface area contributed by atoms with E-state index in [9.17, 15) is 21.6 Å². The van der Waals surface area contributed by atoms with Crippen LogP contribution >= 0.6 is 0 Å². The van der Waals surface area contributed by atoms with Crippen LogP contribution in [0.2, 0.25) is 0 Å². The summed E-state index contributed by atoms with van der Waals surface area (Å²) >= 11 is 0. The molecule has 0 aromatic heterocycles. The van der Waals surface area contributed by atoms with Crippen LogP contribution in [-0.2, 0) is 24.8 Å². The highest BCUT2D eigenvalue weighted by molar-refractivity contribution is 7.89. The van der Waals surface area contributed by atoms with Gasteiger partial charge in [0.1, 0.15) is 6.04 Å². The molecule has 0 bridgehead atoms. The molecule has 1 fully saturated rings. The van der Waals surface area contributed by atoms with Gasteiger partial charge in [0.2, 0.25) is 26.0 Å². The fourth-order valence-electron chi connectivity index (χ4n) is 3.40. The van der Waals surface area contributed by atoms with Crippen molar-refractivity contribution in [2.75, 3.05) is 39.5 Å². The molecule has 1 amide bonds. The van der Waals surface area contributed by atoms with Crippen molar-refractivity contribution in [1.29, 1.82) is 0 Å². The van der Waals surface area contributed by atoms with Crippen LogP contribution in [0.1, 0.15) is 11.6 Å². The number of carbonyl (C=O) groups is 1. The highest BCUT2D eigenvalue weighted by Crippen LogP contribution is 2.26. The van der Waals surface area contributed by atoms with Crippen LogP contribution in [0.15, 0.2) is 65.6 Å². The molecule has 10 heteroatoms. The minimum absolute atomic E-state index is 0.146. The fraction of sp³-hybridized carbons (Fsp3) is 0.350. The van der Waals surface area contributed by atoms with Gasteiger partial charge in [0.25, 0.3) is 0 Å². The molecule has 0 N–H and O–H groups in total. The number of amides is 1. The van der Waals surface area contributed by atoms with Gasteiger partial charge in [-0.3, -0.25) is 4.79 Å². The summed E-state index contributed by atoms with van der Waals surface area (Å²) in [6.07, 6.45) is 1.06. The molecule has 1 unspecified atom stereocenters. The van der Waals surface area contributed by atoms with Gasteiger partial charge in [0, 0.05) is 33.2 Å². The SMILES string of the molecule is CN(C(C(=O)N1CCN(S(=O)(=O)c2ccccc2)CC1)c1ccccc1)S(C)(=O)=O. The van der Waals surface area contributed by atoms with Crippen LogP contribution in [-0.4, -0.2) is 75.7 Å². The summed E-state index contributed by atoms with van der Waals surface area (Å²) in [4.78, 5) is 15.0. The molecule has 3 rings (SSSR count). The molecule has 1 aliphatic heterocycles. The summed E-state index contributed by atoms with van der Waals surface area (Å²) in [6, 6.07) is 15.9. The Morgan fingerprint density at radius 1 is 0.867 bits per heavy atom. The molecule has 0 radical (unpaired) electrons. The van der Waals surface area contributed by atoms with Crippen molar-refractivity contribution < 1.29 is 21.6 Å². The molecular formula is C20H25N3O5S2. The first-order valence-corrected chi connectivity index (χ1v) is 12.7. The number of carbonyl (C=O) groups excluding carboxylic acids is 1. The van der Waals surface area contributed by atoms with E-state index in [1.54, 1.807) is 60.7 Å². The zero-order valence-corrected chi connectivity index (χ0v) is 18.5. The van der Waals surface area contributed by atoms with Crippen LogP contribution in [0.5, 0.6) is 0 Å². The Hall–Kier alpha value is -2.27. The first-order chi connectivity index (χ1) is 14.1. The van der Waals surface area contributed by atoms with E-state index in [0.29, 0.717) is 5.56 Å². The third-order valence-electron chi connectivity index (χ3n) is 5.17. The fourth-order valence-corrected chi connectivity index (χ4v) is 5.44. The van der Waals surface area contributed by atoms with Crippen LogP contribution in [0, 0.1) is 0 Å². The first kappa shape index (κ1) is 22.4. The van der Waals surface area contributed by atoms with Crippen molar-refractivity contribution >= 4 is 26.0 Å². The lowest BCUT2D eigenvalue weighted by atomic mass is 10.1. The van der Waals surface area contributed by atoms with Gasteiger partial charge in [-0.25, -0.2) is 16.8 Å². The number of benzene rings is 2. The summed E-state index contributed by atoms with van der Waals surface area (Å²) in [5, 5.41) is 0. The molecule has 162 valence electrons. The van der Waals surface area contributed by atoms with Crippen LogP contribution in [0.4, 0.5) is 0 Å². The minimum Gasteiger partial charge on any atom is -0.338 e. The lowest BCUT2D eigenvalue weighted by molar-refractivity contribution is -0.136. The Kier molecular flexibility index (Phi) is 6.61. The van der Waals surface area contributed by atoms with Gasteiger partial charge in [-0.1, -0.05) is 48.5 Å². The molecule has 1 heterocycles. The second-order valence-electron chi connectivity index (χ2n) is 7.13. The second-order valence-corrected chi connectivity index (χ2v) is 11.1. The lowest BCUT2D eigenvalue weighted by Crippen LogP contribution is -2.53. The van der Waals surface area contributed by atoms with Crippen molar-refractivity contribution in [2.24, 2.45) is 0 Å². The molecule has 1 aliphatic rings. The predicted octanol–water partition coefficient (Wildman–Crippen LogP) is 1.15. The first-order valence-electron chi connectivity index (χ1n) is 9.44. The maximum atomic E-state index is 13.3. The van der Waals surface area contributed by atoms with Crippen molar-refractivity contribution in [2.45, 2.75) is 10.9 Å². The van der Waals surface area contributed by atoms with E-state index < -0.39 is 26.1 Å². The number of nitrogens with zero attached hydrogens (tertiary/aromatic N) is 3. The monoisotopic (exact) mass is 451 g/mol. The number of sulfonamides is 2. The van der Waals surface area contributed by atoms with Crippen LogP contribution in [0.3, 0.4) is 0 Å². The highest BCUT2D eigenvalue weighted by atomic mass is 32.2. The van der Waals surface area contributed by atoms with Gasteiger partial charge in [-0.05, 0) is 17.7 Å². The van der Waals surface area contributed by atoms with Gasteiger partial charge in [0.05, 0.1) is 11.2 Å². The molecule has 0 aliphatic carbocycles. The van der Waals surface area contributed by atoms with Gasteiger partial charge < -0.3 is 4.90 Å². The quantitative estimate of drug-likeness (QED) is 0.657. The molecular weight excluding hydrogens is 426 g/mol. The molecule has 1 atom stereocenters. The maximum absolute atomic E-state index is 13.3. The smallest absolute Gasteiger partial charge is 0.245 e. The van der Waals surface area contributed by atoms with E-state index in [2.05, 4.69) is 0 Å². The predicted molar refractivity (Wildman–Crippen MR) is 114 cm³/mol. The topological polar surface area (TPSA) is 95.1 Å². The largest absolute Gasteiger partial charge is 0.338 e. The van der Waals surface area contributed by atoms with Gasteiger partial charge in [0.15, 0.2) is 0 Å². The Morgan fingerprint density at radius 3 is 1.87 bits per heavy atom. The minimum atomic E-state index is -3.63. The van der Waals surface area contributed by atoms with Gasteiger partial charge in [-0.2, -0.15) is 8.61 Å². The van der Waals surface area contributed by atoms with Crippen molar-refractivity contribution in [1.82, 2.24) is 13.5 Å². The van der Waals surface area contributed by atoms with Gasteiger partial charge in [-0.15, -0.1) is 0 Å². The van der Waals surface area contributed by atoms with Crippen molar-refractivity contribution in [3.63, 3.8) is 0 Å². The summed E-state index contributed by atoms with van der Waals surface area (Å²) < 4.78 is 52.3. The highest BCUT2D eigenvalue weighted by Gasteiger charge is 2.36. The van der Waals surface area contributed by atoms with E-state index in [1.165, 1.54) is 16.3 Å². The maximum Gasteiger partial charge on any atom is 0.245 e. The average Bonchev–Trinajstić information content (AvgIpc) is 2.74. The Labute approximate surface area is 177 Å². The molecule has 2 aromatic carbocycles. The summed E-state index contributed by atoms with van der Waals surface area (Å²) in [6.45, 7) is 0.664. The third-order valence-corrected chi connectivity index (χ3v) is 8.34. The normalized spacial score (nSPS) is 17.1. The van der Waals surface area contributed by atoms with E-state index in [-0.39, 0.29) is 37.0 Å². The van der Waals surface area contributed by atoms with E-state index >= 15 is 0 Å². The Bertz CT molecular complexity index is 1080. The van der Waals surface area contributed by atoms with Crippen LogP contribution in [0.25, 0.3) is 0 Å². The van der Waals surface area contributed by atoms with Gasteiger partial charge >= 0.3 is 0 Å². The van der Waals surface area contributed by atoms with E-state index in [4.69, 9.17) is 0 Å². The number of likely N-dealkylation sites (N-methyl/N-ethyl adjacent to an activating group) is 1. The summed E-state index contributed by atoms with van der Waals surface area (Å²) in [7, 11) is -5.88. The Morgan fingerprint density at radius 2 is 1.37 bits per heavy atom. The summed E-state index contributed by atoms with van der Waals surface area (Å²) in [5.41, 5.74) is 0.565. The van der Waals surface area contributed by atoms with Crippen molar-refractivity contribution in [3.05, 3.63) is 66.2 Å². The summed E-state index contributed by atoms with van der Waals surface area (Å²) in [5.74, 6) is -0.370. The number of piperazine rings is 1. The molecule has 0 spiro atoms. The average molecular weight is 452 g/mol. The van der Waals surface area contributed by atoms with Crippen molar-refractivity contribution in [3.8, 4) is 0 Å². The molecule has 0 saturated carbocycles. The number of hydrogen-bond acceptors (Lipinski definition) is 5. The standard InChI is InChI=1S/C20H25N3O5S2/c1-21(29(2,25)26)19(17-9-5-3-6-10-17)20(24)22-13-15-23(16-14-22)30(27,28)18-11-7-4-8-12-18/h3-12,19H,13-16H2,1-2H3. The second kappa shape index (κ2) is 8.84. The Balaban J connectivity index is 1.78. The molecule has 2 aromatic rings. The zero-order valence-electron chi connectivity index (χ0n) is 16.9. The lowest BCUT2D eigenvalue weighted by Gasteiger charge is -2.37. The number of rotatable bonds is 6. The third kappa shape index (κ3) is 4.72. The van der Waals surface area contributed by atoms with E-state index in [0.717, 1.165) is 10.6 Å². The molecule has 30 heavy (non-hydrogen) atoms. The zero-order chi connectivity index (χ0) is 21.9. The van der Waals surface area contributed by atoms with Crippen LogP contribution < -0.4 is 0 Å². The number of hydrogen-bond donors (Lipinski definition) is 0.